The molecule has 150 valence electrons. The van der Waals surface area contributed by atoms with Crippen LogP contribution in [0, 0.1) is 0 Å². The normalized spacial score (nSPS) is 28.4. The number of ether oxygens (including phenoxy) is 2. The Morgan fingerprint density at radius 3 is 2.72 bits per heavy atom. The van der Waals surface area contributed by atoms with Gasteiger partial charge in [-0.2, -0.15) is 0 Å². The zero-order valence-electron chi connectivity index (χ0n) is 16.2. The number of hydrogen-bond acceptors (Lipinski definition) is 4. The van der Waals surface area contributed by atoms with Gasteiger partial charge in [-0.25, -0.2) is 4.90 Å². The minimum Gasteiger partial charge on any atom is -0.484 e. The van der Waals surface area contributed by atoms with Crippen molar-refractivity contribution < 1.29 is 19.3 Å². The molecule has 0 bridgehead atoms. The first-order valence-electron chi connectivity index (χ1n) is 9.79. The zero-order chi connectivity index (χ0) is 20.2. The molecule has 3 N–H and O–H groups in total. The van der Waals surface area contributed by atoms with Crippen molar-refractivity contribution >= 4 is 23.5 Å². The highest BCUT2D eigenvalue weighted by atomic mass is 35.5. The van der Waals surface area contributed by atoms with Crippen LogP contribution in [0.1, 0.15) is 24.8 Å². The second kappa shape index (κ2) is 6.47. The number of nitrogens with one attached hydrogen (secondary N) is 1. The van der Waals surface area contributed by atoms with E-state index in [0.717, 1.165) is 29.5 Å². The van der Waals surface area contributed by atoms with Crippen molar-refractivity contribution in [3.05, 3.63) is 53.1 Å². The molecule has 1 amide bonds. The molecule has 29 heavy (non-hydrogen) atoms. The van der Waals surface area contributed by atoms with E-state index in [9.17, 15) is 4.79 Å². The third kappa shape index (κ3) is 2.81. The summed E-state index contributed by atoms with van der Waals surface area (Å²) in [6.07, 6.45) is 2.20. The lowest BCUT2D eigenvalue weighted by atomic mass is 9.74. The van der Waals surface area contributed by atoms with E-state index in [-0.39, 0.29) is 5.91 Å². The maximum Gasteiger partial charge on any atom is 0.351 e. The molecule has 1 fully saturated rings. The number of nitrogens with zero attached hydrogens (tertiary/aromatic N) is 1. The van der Waals surface area contributed by atoms with Crippen LogP contribution in [-0.2, 0) is 15.1 Å². The fraction of sp³-hybridized carbons (Fsp3) is 0.364. The average Bonchev–Trinajstić information content (AvgIpc) is 2.92. The second-order valence-electron chi connectivity index (χ2n) is 8.12. The Labute approximate surface area is 174 Å². The van der Waals surface area contributed by atoms with Gasteiger partial charge >= 0.3 is 11.9 Å². The molecule has 3 aliphatic rings. The monoisotopic (exact) mass is 412 g/mol. The molecule has 2 atom stereocenters. The van der Waals surface area contributed by atoms with Crippen LogP contribution in [0.25, 0.3) is 11.1 Å². The Kier molecular flexibility index (Phi) is 4.12. The molecule has 2 aromatic rings. The quantitative estimate of drug-likeness (QED) is 0.742. The van der Waals surface area contributed by atoms with E-state index in [2.05, 4.69) is 4.99 Å². The molecule has 0 aromatic heterocycles. The first-order valence-corrected chi connectivity index (χ1v) is 10.2. The first kappa shape index (κ1) is 18.5. The predicted octanol–water partition coefficient (Wildman–Crippen LogP) is 1.40. The van der Waals surface area contributed by atoms with Crippen LogP contribution in [0.5, 0.6) is 5.75 Å². The summed E-state index contributed by atoms with van der Waals surface area (Å²) in [5.41, 5.74) is 7.36. The van der Waals surface area contributed by atoms with Crippen LogP contribution in [0.2, 0.25) is 5.02 Å². The average molecular weight is 413 g/mol. The van der Waals surface area contributed by atoms with E-state index < -0.39 is 11.1 Å². The molecule has 2 aromatic carbocycles. The standard InChI is InChI=1S/C22H22ClN3O3/c1-26-19(27)22(25-20(26)24)12-21(8-3-9-28-13-21)29-18-7-6-15(11-17(18)22)14-4-2-5-16(23)10-14/h2,4-7,10-11H,3,8-9,12-13H2,1H3,(H2,24,25)/p+1/t21-,22+/m1/s1. The Morgan fingerprint density at radius 2 is 2.03 bits per heavy atom. The number of nitrogens with two attached hydrogens (primary N) is 1. The van der Waals surface area contributed by atoms with Crippen molar-refractivity contribution in [3.8, 4) is 16.9 Å². The fourth-order valence-electron chi connectivity index (χ4n) is 4.75. The minimum absolute atomic E-state index is 0.0762. The molecule has 3 heterocycles. The number of halogens is 1. The molecule has 2 spiro atoms. The number of carbonyl (C=O) groups is 1. The topological polar surface area (TPSA) is 78.8 Å². The van der Waals surface area contributed by atoms with Crippen molar-refractivity contribution in [2.24, 2.45) is 5.73 Å². The number of amides is 1. The van der Waals surface area contributed by atoms with Crippen LogP contribution in [0.4, 0.5) is 0 Å². The van der Waals surface area contributed by atoms with Crippen LogP contribution in [0.15, 0.2) is 42.5 Å². The van der Waals surface area contributed by atoms with E-state index >= 15 is 0 Å². The Bertz CT molecular complexity index is 1030. The molecular formula is C22H23ClN3O3+. The zero-order valence-corrected chi connectivity index (χ0v) is 17.0. The van der Waals surface area contributed by atoms with Crippen LogP contribution >= 0.6 is 11.6 Å². The number of rotatable bonds is 1. The van der Waals surface area contributed by atoms with Gasteiger partial charge in [0.1, 0.15) is 11.4 Å². The van der Waals surface area contributed by atoms with Crippen molar-refractivity contribution in [3.63, 3.8) is 0 Å². The van der Waals surface area contributed by atoms with Crippen LogP contribution in [-0.4, -0.2) is 42.6 Å². The van der Waals surface area contributed by atoms with E-state index in [1.807, 2.05) is 42.5 Å². The van der Waals surface area contributed by atoms with Crippen molar-refractivity contribution in [2.45, 2.75) is 30.4 Å². The van der Waals surface area contributed by atoms with Crippen molar-refractivity contribution in [2.75, 3.05) is 20.3 Å². The Balaban J connectivity index is 1.69. The van der Waals surface area contributed by atoms with Gasteiger partial charge in [-0.3, -0.25) is 15.5 Å². The second-order valence-corrected chi connectivity index (χ2v) is 8.56. The van der Waals surface area contributed by atoms with E-state index in [4.69, 9.17) is 26.8 Å². The van der Waals surface area contributed by atoms with E-state index in [0.29, 0.717) is 36.4 Å². The largest absolute Gasteiger partial charge is 0.484 e. The lowest BCUT2D eigenvalue weighted by Crippen LogP contribution is -2.87. The predicted molar refractivity (Wildman–Crippen MR) is 110 cm³/mol. The SMILES string of the molecule is CN1C(=O)[C@@]2(C[C@@]3(CCCOC3)Oc3ccc(-c4cccc(Cl)c4)cc32)[NH+]=C1N. The number of likely N-dealkylation sites (N-methyl/N-ethyl adjacent to an activating group) is 1. The van der Waals surface area contributed by atoms with E-state index in [1.165, 1.54) is 4.90 Å². The molecule has 0 radical (unpaired) electrons. The Hall–Kier alpha value is -2.57. The van der Waals surface area contributed by atoms with Gasteiger partial charge in [0.2, 0.25) is 5.54 Å². The summed E-state index contributed by atoms with van der Waals surface area (Å²) in [5, 5.41) is 0.664. The summed E-state index contributed by atoms with van der Waals surface area (Å²) in [5.74, 6) is 0.965. The summed E-state index contributed by atoms with van der Waals surface area (Å²) in [7, 11) is 1.69. The van der Waals surface area contributed by atoms with Crippen LogP contribution < -0.4 is 15.5 Å². The first-order chi connectivity index (χ1) is 13.9. The molecule has 1 saturated heterocycles. The maximum atomic E-state index is 13.4. The number of benzene rings is 2. The summed E-state index contributed by atoms with van der Waals surface area (Å²) in [6, 6.07) is 13.6. The van der Waals surface area contributed by atoms with Gasteiger partial charge in [-0.1, -0.05) is 29.8 Å². The molecule has 0 unspecified atom stereocenters. The molecule has 3 aliphatic heterocycles. The highest BCUT2D eigenvalue weighted by Gasteiger charge is 2.61. The molecule has 6 nitrogen and oxygen atoms in total. The van der Waals surface area contributed by atoms with Crippen LogP contribution in [0.3, 0.4) is 0 Å². The summed E-state index contributed by atoms with van der Waals surface area (Å²) < 4.78 is 12.2. The molecular weight excluding hydrogens is 390 g/mol. The highest BCUT2D eigenvalue weighted by molar-refractivity contribution is 6.30. The fourth-order valence-corrected chi connectivity index (χ4v) is 4.94. The number of guanidine groups is 1. The van der Waals surface area contributed by atoms with Gasteiger partial charge in [-0.05, 0) is 48.2 Å². The molecule has 0 aliphatic carbocycles. The highest BCUT2D eigenvalue weighted by Crippen LogP contribution is 2.47. The molecule has 5 rings (SSSR count). The van der Waals surface area contributed by atoms with Gasteiger partial charge < -0.3 is 9.47 Å². The number of hydrogen-bond donors (Lipinski definition) is 2. The van der Waals surface area contributed by atoms with Gasteiger partial charge in [-0.15, -0.1) is 0 Å². The van der Waals surface area contributed by atoms with Crippen molar-refractivity contribution in [1.82, 2.24) is 4.90 Å². The summed E-state index contributed by atoms with van der Waals surface area (Å²) in [4.78, 5) is 18.2. The van der Waals surface area contributed by atoms with Gasteiger partial charge in [0.05, 0.1) is 13.7 Å². The molecule has 0 saturated carbocycles. The Morgan fingerprint density at radius 1 is 1.21 bits per heavy atom. The van der Waals surface area contributed by atoms with Gasteiger partial charge in [0.25, 0.3) is 0 Å². The van der Waals surface area contributed by atoms with Gasteiger partial charge in [0.15, 0.2) is 0 Å². The lowest BCUT2D eigenvalue weighted by molar-refractivity contribution is -0.547. The summed E-state index contributed by atoms with van der Waals surface area (Å²) in [6.45, 7) is 1.18. The maximum absolute atomic E-state index is 13.4. The smallest absolute Gasteiger partial charge is 0.351 e. The van der Waals surface area contributed by atoms with Gasteiger partial charge in [0, 0.05) is 23.6 Å². The number of carbonyl (C=O) groups excluding carboxylic acids is 1. The third-order valence-electron chi connectivity index (χ3n) is 6.17. The number of fused-ring (bicyclic) bond motifs is 2. The molecule has 7 heteroatoms. The van der Waals surface area contributed by atoms with E-state index in [1.54, 1.807) is 7.05 Å². The minimum atomic E-state index is -0.971. The summed E-state index contributed by atoms with van der Waals surface area (Å²) >= 11 is 6.19. The third-order valence-corrected chi connectivity index (χ3v) is 6.40. The van der Waals surface area contributed by atoms with Crippen molar-refractivity contribution in [1.29, 1.82) is 0 Å². The lowest BCUT2D eigenvalue weighted by Gasteiger charge is -2.45.